The Kier molecular flexibility index (Phi) is 4.83. The van der Waals surface area contributed by atoms with Crippen molar-refractivity contribution in [3.63, 3.8) is 0 Å². The van der Waals surface area contributed by atoms with E-state index in [4.69, 9.17) is 5.11 Å². The maximum Gasteiger partial charge on any atom is 0.313 e. The molecule has 0 bridgehead atoms. The quantitative estimate of drug-likeness (QED) is 0.292. The van der Waals surface area contributed by atoms with E-state index in [9.17, 15) is 10.0 Å². The number of carbonyl (C=O) groups is 1. The van der Waals surface area contributed by atoms with E-state index < -0.39 is 5.97 Å². The zero-order valence-corrected chi connectivity index (χ0v) is 14.4. The number of H-pyrrole nitrogens is 1. The first-order chi connectivity index (χ1) is 12.0. The minimum atomic E-state index is -0.928. The van der Waals surface area contributed by atoms with Crippen LogP contribution in [0.2, 0.25) is 0 Å². The Hall–Kier alpha value is -2.69. The first-order valence-electron chi connectivity index (χ1n) is 7.37. The Balaban J connectivity index is 1.98. The molecule has 0 saturated carbocycles. The highest BCUT2D eigenvalue weighted by molar-refractivity contribution is 7.99. The average molecular weight is 361 g/mol. The van der Waals surface area contributed by atoms with Crippen LogP contribution in [0.25, 0.3) is 22.5 Å². The van der Waals surface area contributed by atoms with Crippen molar-refractivity contribution in [2.24, 2.45) is 7.05 Å². The van der Waals surface area contributed by atoms with Gasteiger partial charge in [0.1, 0.15) is 0 Å². The molecular formula is C15H17N6O3S+. The van der Waals surface area contributed by atoms with E-state index in [1.54, 1.807) is 16.9 Å². The van der Waals surface area contributed by atoms with Crippen LogP contribution in [0.3, 0.4) is 0 Å². The maximum atomic E-state index is 10.6. The van der Waals surface area contributed by atoms with Crippen molar-refractivity contribution in [2.45, 2.75) is 12.1 Å². The fourth-order valence-corrected chi connectivity index (χ4v) is 2.89. The number of aryl methyl sites for hydroxylation is 1. The molecule has 2 aromatic heterocycles. The standard InChI is InChI=1S/C15H16N6O3S/c1-8-12(6-16-21(8)2)9-3-10(5-11(4-9)20-24)14-17-15(19-18-14)25-7-13(22)23/h3-6,20,24H,7H2,1-2H3,(H,22,23)(H,17,18,19)/p+1. The number of benzene rings is 1. The van der Waals surface area contributed by atoms with Crippen molar-refractivity contribution in [2.75, 3.05) is 5.75 Å². The first-order valence-corrected chi connectivity index (χ1v) is 8.35. The number of nitrogens with one attached hydrogen (secondary N) is 1. The summed E-state index contributed by atoms with van der Waals surface area (Å²) in [4.78, 5) is 14.9. The van der Waals surface area contributed by atoms with E-state index in [-0.39, 0.29) is 5.75 Å². The van der Waals surface area contributed by atoms with E-state index >= 15 is 0 Å². The molecule has 0 aliphatic rings. The molecule has 0 saturated heterocycles. The zero-order chi connectivity index (χ0) is 18.0. The van der Waals surface area contributed by atoms with Gasteiger partial charge in [-0.2, -0.15) is 10.6 Å². The Labute approximate surface area is 147 Å². The normalized spacial score (nSPS) is 11.0. The number of aromatic nitrogens is 5. The second-order valence-electron chi connectivity index (χ2n) is 5.39. The Morgan fingerprint density at radius 1 is 1.36 bits per heavy atom. The highest BCUT2D eigenvalue weighted by atomic mass is 32.2. The lowest BCUT2D eigenvalue weighted by Gasteiger charge is -2.05. The molecule has 0 atom stereocenters. The van der Waals surface area contributed by atoms with Crippen molar-refractivity contribution in [1.82, 2.24) is 25.0 Å². The minimum absolute atomic E-state index is 0.109. The van der Waals surface area contributed by atoms with Gasteiger partial charge in [0.05, 0.1) is 11.9 Å². The van der Waals surface area contributed by atoms with E-state index in [1.807, 2.05) is 26.1 Å². The molecule has 9 nitrogen and oxygen atoms in total. The summed E-state index contributed by atoms with van der Waals surface area (Å²) in [5, 5.41) is 29.6. The van der Waals surface area contributed by atoms with Crippen molar-refractivity contribution >= 4 is 23.4 Å². The van der Waals surface area contributed by atoms with Gasteiger partial charge in [-0.3, -0.25) is 14.6 Å². The number of nitrogens with zero attached hydrogens (tertiary/aromatic N) is 4. The number of aromatic amines is 1. The summed E-state index contributed by atoms with van der Waals surface area (Å²) < 4.78 is 1.78. The Morgan fingerprint density at radius 3 is 2.76 bits per heavy atom. The summed E-state index contributed by atoms with van der Waals surface area (Å²) in [6.07, 6.45) is 1.77. The van der Waals surface area contributed by atoms with Gasteiger partial charge in [0.25, 0.3) is 0 Å². The van der Waals surface area contributed by atoms with Gasteiger partial charge in [0.2, 0.25) is 5.16 Å². The predicted molar refractivity (Wildman–Crippen MR) is 90.5 cm³/mol. The molecule has 0 amide bonds. The highest BCUT2D eigenvalue weighted by Crippen LogP contribution is 2.29. The third kappa shape index (κ3) is 3.71. The average Bonchev–Trinajstić information content (AvgIpc) is 3.20. The Bertz CT molecular complexity index is 920. The summed E-state index contributed by atoms with van der Waals surface area (Å²) in [7, 11) is 1.87. The van der Waals surface area contributed by atoms with E-state index in [0.717, 1.165) is 39.6 Å². The number of quaternary nitrogens is 1. The largest absolute Gasteiger partial charge is 0.481 e. The molecule has 0 aliphatic heterocycles. The lowest BCUT2D eigenvalue weighted by Crippen LogP contribution is -2.73. The third-order valence-electron chi connectivity index (χ3n) is 3.71. The van der Waals surface area contributed by atoms with Crippen LogP contribution >= 0.6 is 11.8 Å². The molecule has 1 aromatic carbocycles. The van der Waals surface area contributed by atoms with Gasteiger partial charge in [0.15, 0.2) is 11.5 Å². The summed E-state index contributed by atoms with van der Waals surface area (Å²) in [5.41, 5.74) is 5.21. The fraction of sp³-hybridized carbons (Fsp3) is 0.200. The summed E-state index contributed by atoms with van der Waals surface area (Å²) in [6, 6.07) is 5.54. The number of hydrogen-bond donors (Lipinski definition) is 4. The zero-order valence-electron chi connectivity index (χ0n) is 13.6. The van der Waals surface area contributed by atoms with Gasteiger partial charge in [-0.05, 0) is 18.6 Å². The van der Waals surface area contributed by atoms with E-state index in [2.05, 4.69) is 20.3 Å². The predicted octanol–water partition coefficient (Wildman–Crippen LogP) is 0.941. The molecule has 130 valence electrons. The van der Waals surface area contributed by atoms with Crippen LogP contribution in [0.4, 0.5) is 5.69 Å². The Morgan fingerprint density at radius 2 is 2.12 bits per heavy atom. The molecule has 3 aromatic rings. The SMILES string of the molecule is Cc1c(-c2cc([NH2+]O)cc(-c3nc(SCC(=O)O)n[nH]3)c2)cnn1C. The van der Waals surface area contributed by atoms with Gasteiger partial charge in [-0.1, -0.05) is 11.8 Å². The topological polar surface area (TPSA) is 134 Å². The molecule has 10 heteroatoms. The molecule has 0 spiro atoms. The van der Waals surface area contributed by atoms with Crippen LogP contribution in [-0.2, 0) is 11.8 Å². The summed E-state index contributed by atoms with van der Waals surface area (Å²) in [5.74, 6) is -0.538. The summed E-state index contributed by atoms with van der Waals surface area (Å²) in [6.45, 7) is 1.96. The van der Waals surface area contributed by atoms with Crippen molar-refractivity contribution in [1.29, 1.82) is 0 Å². The van der Waals surface area contributed by atoms with Crippen LogP contribution in [0.5, 0.6) is 0 Å². The first kappa shape index (κ1) is 17.1. The molecule has 0 unspecified atom stereocenters. The molecule has 3 rings (SSSR count). The minimum Gasteiger partial charge on any atom is -0.481 e. The number of carboxylic acids is 1. The van der Waals surface area contributed by atoms with Crippen LogP contribution < -0.4 is 5.48 Å². The van der Waals surface area contributed by atoms with Crippen LogP contribution in [0.15, 0.2) is 29.6 Å². The van der Waals surface area contributed by atoms with Crippen molar-refractivity contribution < 1.29 is 20.6 Å². The van der Waals surface area contributed by atoms with Gasteiger partial charge >= 0.3 is 5.97 Å². The lowest BCUT2D eigenvalue weighted by molar-refractivity contribution is -0.825. The van der Waals surface area contributed by atoms with Gasteiger partial charge in [0, 0.05) is 36.0 Å². The number of carboxylic acid groups (broad SMARTS) is 1. The number of aliphatic carboxylic acids is 1. The fourth-order valence-electron chi connectivity index (χ4n) is 2.37. The van der Waals surface area contributed by atoms with E-state index in [0.29, 0.717) is 16.7 Å². The maximum absolute atomic E-state index is 10.6. The second-order valence-corrected chi connectivity index (χ2v) is 6.33. The third-order valence-corrected chi connectivity index (χ3v) is 4.55. The lowest BCUT2D eigenvalue weighted by atomic mass is 10.0. The van der Waals surface area contributed by atoms with Crippen LogP contribution in [0.1, 0.15) is 5.69 Å². The molecule has 0 fully saturated rings. The highest BCUT2D eigenvalue weighted by Gasteiger charge is 2.14. The van der Waals surface area contributed by atoms with Gasteiger partial charge < -0.3 is 5.11 Å². The molecular weight excluding hydrogens is 344 g/mol. The van der Waals surface area contributed by atoms with Crippen molar-refractivity contribution in [3.05, 3.63) is 30.1 Å². The molecule has 0 aliphatic carbocycles. The van der Waals surface area contributed by atoms with Gasteiger partial charge in [-0.15, -0.1) is 5.10 Å². The molecule has 0 radical (unpaired) electrons. The van der Waals surface area contributed by atoms with Crippen LogP contribution in [-0.4, -0.2) is 47.0 Å². The summed E-state index contributed by atoms with van der Waals surface area (Å²) >= 11 is 1.04. The molecule has 5 N–H and O–H groups in total. The second kappa shape index (κ2) is 7.05. The molecule has 25 heavy (non-hydrogen) atoms. The van der Waals surface area contributed by atoms with Crippen molar-refractivity contribution in [3.8, 4) is 22.5 Å². The van der Waals surface area contributed by atoms with Crippen LogP contribution in [0, 0.1) is 6.92 Å². The number of hydrogen-bond acceptors (Lipinski definition) is 6. The van der Waals surface area contributed by atoms with E-state index in [1.165, 1.54) is 0 Å². The number of thioether (sulfide) groups is 1. The van der Waals surface area contributed by atoms with Gasteiger partial charge in [-0.25, -0.2) is 10.2 Å². The number of rotatable bonds is 6. The smallest absolute Gasteiger partial charge is 0.313 e. The monoisotopic (exact) mass is 361 g/mol. The number of nitrogens with two attached hydrogens (primary N) is 1. The molecule has 2 heterocycles.